The fourth-order valence-electron chi connectivity index (χ4n) is 6.14. The molecule has 0 aliphatic heterocycles. The molecule has 0 heterocycles. The summed E-state index contributed by atoms with van der Waals surface area (Å²) in [4.78, 5) is 0. The van der Waals surface area contributed by atoms with Crippen molar-refractivity contribution in [3.05, 3.63) is 108 Å². The third-order valence-corrected chi connectivity index (χ3v) is 7.97. The molecule has 0 heteroatoms. The van der Waals surface area contributed by atoms with E-state index in [4.69, 9.17) is 0 Å². The zero-order chi connectivity index (χ0) is 20.5. The van der Waals surface area contributed by atoms with Gasteiger partial charge in [0.25, 0.3) is 0 Å². The molecular formula is C29H34. The minimum absolute atomic E-state index is 0.00412. The van der Waals surface area contributed by atoms with E-state index in [1.54, 1.807) is 0 Å². The van der Waals surface area contributed by atoms with Crippen molar-refractivity contribution in [1.29, 1.82) is 0 Å². The van der Waals surface area contributed by atoms with Gasteiger partial charge in [-0.25, -0.2) is 0 Å². The Morgan fingerprint density at radius 1 is 0.690 bits per heavy atom. The molecule has 0 spiro atoms. The first-order chi connectivity index (χ1) is 14.0. The molecular weight excluding hydrogens is 348 g/mol. The fraction of sp³-hybridized carbons (Fsp3) is 0.379. The van der Waals surface area contributed by atoms with Gasteiger partial charge in [0, 0.05) is 10.8 Å². The van der Waals surface area contributed by atoms with Crippen molar-refractivity contribution < 1.29 is 0 Å². The third-order valence-electron chi connectivity index (χ3n) is 7.97. The van der Waals surface area contributed by atoms with Gasteiger partial charge in [0.15, 0.2) is 0 Å². The number of hydrogen-bond donors (Lipinski definition) is 0. The van der Waals surface area contributed by atoms with E-state index in [0.717, 1.165) is 0 Å². The molecule has 0 N–H and O–H groups in total. The highest BCUT2D eigenvalue weighted by Gasteiger charge is 2.57. The van der Waals surface area contributed by atoms with Crippen LogP contribution in [0.25, 0.3) is 0 Å². The molecule has 1 aliphatic rings. The highest BCUT2D eigenvalue weighted by molar-refractivity contribution is 5.44. The maximum Gasteiger partial charge on any atom is 0.00902 e. The van der Waals surface area contributed by atoms with E-state index in [0.29, 0.717) is 17.8 Å². The molecule has 4 unspecified atom stereocenters. The first-order valence-electron chi connectivity index (χ1n) is 11.1. The van der Waals surface area contributed by atoms with Crippen LogP contribution in [-0.2, 0) is 10.8 Å². The minimum atomic E-state index is 0.00412. The van der Waals surface area contributed by atoms with Crippen LogP contribution in [0.1, 0.15) is 63.1 Å². The van der Waals surface area contributed by atoms with Crippen molar-refractivity contribution in [3.63, 3.8) is 0 Å². The fourth-order valence-corrected chi connectivity index (χ4v) is 6.14. The molecule has 4 atom stereocenters. The van der Waals surface area contributed by atoms with E-state index in [1.165, 1.54) is 29.5 Å². The lowest BCUT2D eigenvalue weighted by Gasteiger charge is -2.59. The van der Waals surface area contributed by atoms with Crippen LogP contribution < -0.4 is 0 Å². The topological polar surface area (TPSA) is 0 Å². The number of rotatable bonds is 4. The van der Waals surface area contributed by atoms with Crippen molar-refractivity contribution in [2.75, 3.05) is 0 Å². The molecule has 4 rings (SSSR count). The van der Waals surface area contributed by atoms with E-state index in [-0.39, 0.29) is 10.8 Å². The number of benzene rings is 3. The van der Waals surface area contributed by atoms with Gasteiger partial charge in [0.1, 0.15) is 0 Å². The average molecular weight is 383 g/mol. The Balaban J connectivity index is 2.00. The van der Waals surface area contributed by atoms with Crippen LogP contribution in [-0.4, -0.2) is 0 Å². The molecule has 0 saturated heterocycles. The summed E-state index contributed by atoms with van der Waals surface area (Å²) in [6.45, 7) is 9.89. The van der Waals surface area contributed by atoms with Crippen LogP contribution in [0.5, 0.6) is 0 Å². The van der Waals surface area contributed by atoms with Gasteiger partial charge in [-0.3, -0.25) is 0 Å². The largest absolute Gasteiger partial charge is 0.0625 e. The Bertz CT molecular complexity index is 912. The molecule has 0 nitrogen and oxygen atoms in total. The molecule has 1 aliphatic carbocycles. The Morgan fingerprint density at radius 3 is 1.69 bits per heavy atom. The summed E-state index contributed by atoms with van der Waals surface area (Å²) in [7, 11) is 0. The zero-order valence-electron chi connectivity index (χ0n) is 18.3. The van der Waals surface area contributed by atoms with Crippen LogP contribution in [0.2, 0.25) is 0 Å². The second-order valence-corrected chi connectivity index (χ2v) is 9.60. The van der Waals surface area contributed by atoms with Gasteiger partial charge in [0.05, 0.1) is 0 Å². The molecule has 0 radical (unpaired) electrons. The van der Waals surface area contributed by atoms with Crippen LogP contribution in [0.3, 0.4) is 0 Å². The first-order valence-corrected chi connectivity index (χ1v) is 11.1. The summed E-state index contributed by atoms with van der Waals surface area (Å²) in [5, 5.41) is 0. The van der Waals surface area contributed by atoms with Crippen molar-refractivity contribution in [3.8, 4) is 0 Å². The van der Waals surface area contributed by atoms with Gasteiger partial charge in [-0.15, -0.1) is 0 Å². The molecule has 0 aromatic heterocycles. The van der Waals surface area contributed by atoms with Gasteiger partial charge in [0.2, 0.25) is 0 Å². The Morgan fingerprint density at radius 2 is 1.17 bits per heavy atom. The van der Waals surface area contributed by atoms with Gasteiger partial charge in [-0.2, -0.15) is 0 Å². The molecule has 0 amide bonds. The summed E-state index contributed by atoms with van der Waals surface area (Å²) in [5.74, 6) is 1.80. The van der Waals surface area contributed by atoms with Gasteiger partial charge in [-0.05, 0) is 47.3 Å². The average Bonchev–Trinajstić information content (AvgIpc) is 2.77. The smallest absolute Gasteiger partial charge is 0.00902 e. The van der Waals surface area contributed by atoms with Crippen molar-refractivity contribution in [1.82, 2.24) is 0 Å². The van der Waals surface area contributed by atoms with Crippen LogP contribution in [0.15, 0.2) is 91.0 Å². The van der Waals surface area contributed by atoms with E-state index in [9.17, 15) is 0 Å². The highest BCUT2D eigenvalue weighted by Crippen LogP contribution is 2.62. The third kappa shape index (κ3) is 3.23. The lowest BCUT2D eigenvalue weighted by Crippen LogP contribution is -2.55. The predicted molar refractivity (Wildman–Crippen MR) is 124 cm³/mol. The molecule has 150 valence electrons. The van der Waals surface area contributed by atoms with E-state index in [1.807, 2.05) is 0 Å². The van der Waals surface area contributed by atoms with Gasteiger partial charge >= 0.3 is 0 Å². The molecule has 3 aromatic carbocycles. The summed E-state index contributed by atoms with van der Waals surface area (Å²) >= 11 is 0. The molecule has 3 aromatic rings. The van der Waals surface area contributed by atoms with Crippen LogP contribution in [0, 0.1) is 11.8 Å². The minimum Gasteiger partial charge on any atom is -0.0625 e. The molecule has 1 fully saturated rings. The Labute approximate surface area is 177 Å². The van der Waals surface area contributed by atoms with Crippen molar-refractivity contribution in [2.24, 2.45) is 11.8 Å². The summed E-state index contributed by atoms with van der Waals surface area (Å²) in [5.41, 5.74) is 4.49. The van der Waals surface area contributed by atoms with Crippen LogP contribution in [0.4, 0.5) is 0 Å². The Hall–Kier alpha value is -2.34. The maximum absolute atomic E-state index is 2.54. The number of hydrogen-bond acceptors (Lipinski definition) is 0. The van der Waals surface area contributed by atoms with E-state index in [2.05, 4.69) is 119 Å². The lowest BCUT2D eigenvalue weighted by atomic mass is 9.44. The standard InChI is InChI=1S/C29H34/c1-22(2)26-20-21-28(3,24-16-10-6-11-17-24)29(4,25-18-12-7-13-19-25)27(26)23-14-8-5-9-15-23/h5-19,22,26-27H,20-21H2,1-4H3. The van der Waals surface area contributed by atoms with Gasteiger partial charge < -0.3 is 0 Å². The Kier molecular flexibility index (Phi) is 5.38. The normalized spacial score (nSPS) is 29.7. The lowest BCUT2D eigenvalue weighted by molar-refractivity contribution is 0.0689. The summed E-state index contributed by atoms with van der Waals surface area (Å²) in [6, 6.07) is 33.8. The van der Waals surface area contributed by atoms with Crippen molar-refractivity contribution >= 4 is 0 Å². The maximum atomic E-state index is 2.54. The molecule has 29 heavy (non-hydrogen) atoms. The van der Waals surface area contributed by atoms with E-state index >= 15 is 0 Å². The monoisotopic (exact) mass is 382 g/mol. The molecule has 1 saturated carbocycles. The summed E-state index contributed by atoms with van der Waals surface area (Å²) < 4.78 is 0. The van der Waals surface area contributed by atoms with Gasteiger partial charge in [-0.1, -0.05) is 119 Å². The highest BCUT2D eigenvalue weighted by atomic mass is 14.6. The first kappa shape index (κ1) is 20.0. The molecule has 0 bridgehead atoms. The summed E-state index contributed by atoms with van der Waals surface area (Å²) in [6.07, 6.45) is 2.49. The second kappa shape index (κ2) is 7.82. The van der Waals surface area contributed by atoms with Crippen LogP contribution >= 0.6 is 0 Å². The second-order valence-electron chi connectivity index (χ2n) is 9.60. The SMILES string of the molecule is CC(C)C1CCC(C)(c2ccccc2)C(C)(c2ccccc2)C1c1ccccc1. The predicted octanol–water partition coefficient (Wildman–Crippen LogP) is 7.75. The van der Waals surface area contributed by atoms with Crippen molar-refractivity contribution in [2.45, 2.75) is 57.3 Å². The zero-order valence-corrected chi connectivity index (χ0v) is 18.3. The van der Waals surface area contributed by atoms with E-state index < -0.39 is 0 Å². The quantitative estimate of drug-likeness (QED) is 0.432.